The molecular weight excluding hydrogens is 248 g/mol. The zero-order chi connectivity index (χ0) is 13.0. The molecule has 0 spiro atoms. The van der Waals surface area contributed by atoms with Crippen LogP contribution in [-0.4, -0.2) is 20.5 Å². The molecule has 0 amide bonds. The summed E-state index contributed by atoms with van der Waals surface area (Å²) >= 11 is 1.78. The molecule has 0 unspecified atom stereocenters. The van der Waals surface area contributed by atoms with Gasteiger partial charge in [0.25, 0.3) is 0 Å². The molecule has 1 aromatic heterocycles. The van der Waals surface area contributed by atoms with Crippen molar-refractivity contribution in [1.82, 2.24) is 10.1 Å². The van der Waals surface area contributed by atoms with Gasteiger partial charge < -0.3 is 9.63 Å². The summed E-state index contributed by atoms with van der Waals surface area (Å²) in [6.45, 7) is 4.27. The lowest BCUT2D eigenvalue weighted by Gasteiger charge is -1.99. The molecule has 0 radical (unpaired) electrons. The van der Waals surface area contributed by atoms with Gasteiger partial charge in [0.05, 0.1) is 12.2 Å². The summed E-state index contributed by atoms with van der Waals surface area (Å²) in [5.74, 6) is 2.33. The van der Waals surface area contributed by atoms with Crippen molar-refractivity contribution < 1.29 is 9.63 Å². The summed E-state index contributed by atoms with van der Waals surface area (Å²) in [7, 11) is 0. The van der Waals surface area contributed by atoms with Crippen LogP contribution in [0.25, 0.3) is 0 Å². The number of thioether (sulfide) groups is 1. The minimum Gasteiger partial charge on any atom is -0.508 e. The van der Waals surface area contributed by atoms with E-state index in [0.717, 1.165) is 17.1 Å². The summed E-state index contributed by atoms with van der Waals surface area (Å²) in [4.78, 5) is 4.33. The average Bonchev–Trinajstić information content (AvgIpc) is 2.74. The number of phenolic OH excluding ortho intramolecular Hbond substituents is 1. The minimum atomic E-state index is 0.252. The number of aromatic hydroxyl groups is 1. The maximum Gasteiger partial charge on any atom is 0.231 e. The van der Waals surface area contributed by atoms with E-state index in [-0.39, 0.29) is 5.75 Å². The van der Waals surface area contributed by atoms with Crippen LogP contribution in [-0.2, 0) is 12.2 Å². The van der Waals surface area contributed by atoms with Crippen molar-refractivity contribution >= 4 is 11.8 Å². The Labute approximate surface area is 110 Å². The molecule has 2 aromatic rings. The molecule has 1 aromatic carbocycles. The Morgan fingerprint density at radius 1 is 1.39 bits per heavy atom. The summed E-state index contributed by atoms with van der Waals surface area (Å²) in [5.41, 5.74) is 0.960. The van der Waals surface area contributed by atoms with E-state index >= 15 is 0 Å². The lowest BCUT2D eigenvalue weighted by atomic mass is 10.1. The molecule has 0 aliphatic heterocycles. The van der Waals surface area contributed by atoms with Gasteiger partial charge in [-0.3, -0.25) is 0 Å². The van der Waals surface area contributed by atoms with Gasteiger partial charge >= 0.3 is 0 Å². The maximum atomic E-state index is 9.37. The van der Waals surface area contributed by atoms with E-state index < -0.39 is 0 Å². The maximum absolute atomic E-state index is 9.37. The molecular formula is C13H16N2O2S. The van der Waals surface area contributed by atoms with E-state index in [0.29, 0.717) is 17.6 Å². The van der Waals surface area contributed by atoms with Gasteiger partial charge in [0.1, 0.15) is 5.75 Å². The number of aromatic nitrogens is 2. The average molecular weight is 264 g/mol. The summed E-state index contributed by atoms with van der Waals surface area (Å²) in [6, 6.07) is 7.07. The van der Waals surface area contributed by atoms with E-state index in [9.17, 15) is 5.11 Å². The molecule has 0 bridgehead atoms. The first-order valence-electron chi connectivity index (χ1n) is 5.84. The van der Waals surface area contributed by atoms with Gasteiger partial charge in [-0.05, 0) is 22.9 Å². The molecule has 4 nitrogen and oxygen atoms in total. The van der Waals surface area contributed by atoms with Crippen molar-refractivity contribution in [3.05, 3.63) is 41.5 Å². The normalized spacial score (nSPS) is 11.1. The number of nitrogens with zero attached hydrogens (tertiary/aromatic N) is 2. The van der Waals surface area contributed by atoms with Gasteiger partial charge in [-0.15, -0.1) is 0 Å². The highest BCUT2D eigenvalue weighted by atomic mass is 32.2. The third-order valence-electron chi connectivity index (χ3n) is 2.32. The van der Waals surface area contributed by atoms with Crippen LogP contribution in [0.3, 0.4) is 0 Å². The quantitative estimate of drug-likeness (QED) is 0.899. The molecule has 1 N–H and O–H groups in total. The summed E-state index contributed by atoms with van der Waals surface area (Å²) in [6.07, 6.45) is 0.549. The van der Waals surface area contributed by atoms with Crippen LogP contribution in [0.2, 0.25) is 0 Å². The number of hydrogen-bond acceptors (Lipinski definition) is 5. The van der Waals surface area contributed by atoms with Crippen LogP contribution in [0, 0.1) is 0 Å². The Kier molecular flexibility index (Phi) is 4.25. The molecule has 5 heteroatoms. The lowest BCUT2D eigenvalue weighted by Crippen LogP contribution is -1.92. The Bertz CT molecular complexity index is 511. The predicted octanol–water partition coefficient (Wildman–Crippen LogP) is 3.01. The van der Waals surface area contributed by atoms with Crippen molar-refractivity contribution in [3.8, 4) is 5.75 Å². The van der Waals surface area contributed by atoms with Gasteiger partial charge in [0.15, 0.2) is 5.82 Å². The molecule has 96 valence electrons. The highest BCUT2D eigenvalue weighted by Gasteiger charge is 2.08. The number of rotatable bonds is 5. The van der Waals surface area contributed by atoms with Crippen LogP contribution in [0.15, 0.2) is 28.8 Å². The van der Waals surface area contributed by atoms with Crippen molar-refractivity contribution in [3.63, 3.8) is 0 Å². The standard InChI is InChI=1S/C13H16N2O2S/c1-9(2)18-8-12-14-13(17-15-12)7-10-4-3-5-11(16)6-10/h3-6,9,16H,7-8H2,1-2H3. The molecule has 0 saturated heterocycles. The van der Waals surface area contributed by atoms with Gasteiger partial charge in [0.2, 0.25) is 5.89 Å². The Balaban J connectivity index is 1.98. The predicted molar refractivity (Wildman–Crippen MR) is 71.6 cm³/mol. The first-order valence-corrected chi connectivity index (χ1v) is 6.89. The molecule has 2 rings (SSSR count). The SMILES string of the molecule is CC(C)SCc1noc(Cc2cccc(O)c2)n1. The third kappa shape index (κ3) is 3.77. The Morgan fingerprint density at radius 3 is 2.94 bits per heavy atom. The van der Waals surface area contributed by atoms with E-state index in [2.05, 4.69) is 24.0 Å². The molecule has 18 heavy (non-hydrogen) atoms. The van der Waals surface area contributed by atoms with Gasteiger partial charge in [-0.25, -0.2) is 0 Å². The smallest absolute Gasteiger partial charge is 0.231 e. The zero-order valence-electron chi connectivity index (χ0n) is 10.5. The summed E-state index contributed by atoms with van der Waals surface area (Å²) in [5, 5.41) is 13.9. The molecule has 0 aliphatic carbocycles. The number of benzene rings is 1. The second-order valence-electron chi connectivity index (χ2n) is 4.31. The molecule has 0 atom stereocenters. The van der Waals surface area contributed by atoms with Gasteiger partial charge in [-0.1, -0.05) is 31.1 Å². The zero-order valence-corrected chi connectivity index (χ0v) is 11.3. The van der Waals surface area contributed by atoms with E-state index in [1.165, 1.54) is 0 Å². The van der Waals surface area contributed by atoms with Crippen LogP contribution >= 0.6 is 11.8 Å². The van der Waals surface area contributed by atoms with E-state index in [1.807, 2.05) is 6.07 Å². The van der Waals surface area contributed by atoms with Crippen molar-refractivity contribution in [2.75, 3.05) is 0 Å². The Morgan fingerprint density at radius 2 is 2.22 bits per heavy atom. The molecule has 0 fully saturated rings. The number of hydrogen-bond donors (Lipinski definition) is 1. The molecule has 0 saturated carbocycles. The van der Waals surface area contributed by atoms with Gasteiger partial charge in [-0.2, -0.15) is 16.7 Å². The molecule has 1 heterocycles. The highest BCUT2D eigenvalue weighted by Crippen LogP contribution is 2.17. The van der Waals surface area contributed by atoms with Crippen molar-refractivity contribution in [2.24, 2.45) is 0 Å². The van der Waals surface area contributed by atoms with E-state index in [4.69, 9.17) is 4.52 Å². The van der Waals surface area contributed by atoms with Crippen molar-refractivity contribution in [2.45, 2.75) is 31.3 Å². The lowest BCUT2D eigenvalue weighted by molar-refractivity contribution is 0.380. The van der Waals surface area contributed by atoms with E-state index in [1.54, 1.807) is 30.0 Å². The van der Waals surface area contributed by atoms with Crippen LogP contribution in [0.1, 0.15) is 31.1 Å². The first kappa shape index (κ1) is 13.0. The van der Waals surface area contributed by atoms with Crippen molar-refractivity contribution in [1.29, 1.82) is 0 Å². The monoisotopic (exact) mass is 264 g/mol. The minimum absolute atomic E-state index is 0.252. The second kappa shape index (κ2) is 5.91. The number of phenols is 1. The van der Waals surface area contributed by atoms with Gasteiger partial charge in [0, 0.05) is 0 Å². The fourth-order valence-electron chi connectivity index (χ4n) is 1.50. The molecule has 0 aliphatic rings. The summed E-state index contributed by atoms with van der Waals surface area (Å²) < 4.78 is 5.18. The Hall–Kier alpha value is -1.49. The third-order valence-corrected chi connectivity index (χ3v) is 3.41. The fourth-order valence-corrected chi connectivity index (χ4v) is 2.10. The van der Waals surface area contributed by atoms with Crippen LogP contribution in [0.5, 0.6) is 5.75 Å². The second-order valence-corrected chi connectivity index (χ2v) is 5.88. The highest BCUT2D eigenvalue weighted by molar-refractivity contribution is 7.99. The fraction of sp³-hybridized carbons (Fsp3) is 0.385. The van der Waals surface area contributed by atoms with Crippen LogP contribution in [0.4, 0.5) is 0 Å². The van der Waals surface area contributed by atoms with Crippen LogP contribution < -0.4 is 0 Å². The largest absolute Gasteiger partial charge is 0.508 e. The topological polar surface area (TPSA) is 59.2 Å². The first-order chi connectivity index (χ1) is 8.63.